The molecular formula is C24H25O3S+. The number of hydrogen-bond acceptors (Lipinski definition) is 3. The molecule has 28 heavy (non-hydrogen) atoms. The maximum absolute atomic E-state index is 13.0. The third-order valence-corrected chi connectivity index (χ3v) is 6.57. The highest BCUT2D eigenvalue weighted by Crippen LogP contribution is 2.31. The highest BCUT2D eigenvalue weighted by atomic mass is 32.2. The number of carbonyl (C=O) groups excluding carboxylic acids is 2. The van der Waals surface area contributed by atoms with Crippen molar-refractivity contribution in [3.8, 4) is 0 Å². The summed E-state index contributed by atoms with van der Waals surface area (Å²) < 4.78 is 5.37. The molecule has 4 heteroatoms. The van der Waals surface area contributed by atoms with Crippen LogP contribution in [-0.2, 0) is 25.2 Å². The lowest BCUT2D eigenvalue weighted by molar-refractivity contribution is -0.153. The Hall–Kier alpha value is -2.59. The van der Waals surface area contributed by atoms with Gasteiger partial charge in [-0.25, -0.2) is 0 Å². The molecule has 1 atom stereocenters. The highest BCUT2D eigenvalue weighted by Gasteiger charge is 2.39. The van der Waals surface area contributed by atoms with E-state index in [1.165, 1.54) is 0 Å². The van der Waals surface area contributed by atoms with Crippen LogP contribution in [0, 0.1) is 0 Å². The third-order valence-electron chi connectivity index (χ3n) is 4.11. The van der Waals surface area contributed by atoms with Crippen LogP contribution in [0.3, 0.4) is 0 Å². The van der Waals surface area contributed by atoms with Crippen molar-refractivity contribution < 1.29 is 14.3 Å². The van der Waals surface area contributed by atoms with Crippen molar-refractivity contribution >= 4 is 22.6 Å². The Balaban J connectivity index is 1.83. The van der Waals surface area contributed by atoms with E-state index in [1.54, 1.807) is 6.08 Å². The number of esters is 1. The van der Waals surface area contributed by atoms with Crippen LogP contribution in [0.2, 0.25) is 0 Å². The van der Waals surface area contributed by atoms with Crippen LogP contribution in [0.5, 0.6) is 0 Å². The molecule has 0 amide bonds. The minimum absolute atomic E-state index is 0.0251. The normalized spacial score (nSPS) is 16.8. The summed E-state index contributed by atoms with van der Waals surface area (Å²) in [5.41, 5.74) is 0.163. The van der Waals surface area contributed by atoms with Gasteiger partial charge in [0.15, 0.2) is 9.79 Å². The van der Waals surface area contributed by atoms with Gasteiger partial charge in [-0.2, -0.15) is 0 Å². The zero-order valence-corrected chi connectivity index (χ0v) is 17.2. The molecule has 2 aromatic rings. The monoisotopic (exact) mass is 393 g/mol. The molecule has 0 bridgehead atoms. The van der Waals surface area contributed by atoms with E-state index in [0.29, 0.717) is 5.57 Å². The molecule has 0 radical (unpaired) electrons. The van der Waals surface area contributed by atoms with E-state index in [4.69, 9.17) is 4.74 Å². The molecule has 0 N–H and O–H groups in total. The summed E-state index contributed by atoms with van der Waals surface area (Å²) in [5.74, 6) is -0.295. The zero-order valence-electron chi connectivity index (χ0n) is 16.4. The zero-order chi connectivity index (χ0) is 20.1. The number of hydrogen-bond donors (Lipinski definition) is 0. The smallest absolute Gasteiger partial charge is 0.310 e. The van der Waals surface area contributed by atoms with Crippen LogP contribution < -0.4 is 0 Å². The van der Waals surface area contributed by atoms with Gasteiger partial charge in [-0.3, -0.25) is 9.59 Å². The van der Waals surface area contributed by atoms with Crippen molar-refractivity contribution in [1.82, 2.24) is 0 Å². The largest absolute Gasteiger partial charge is 0.460 e. The Kier molecular flexibility index (Phi) is 6.20. The van der Waals surface area contributed by atoms with Crippen molar-refractivity contribution in [2.75, 3.05) is 0 Å². The summed E-state index contributed by atoms with van der Waals surface area (Å²) in [6.07, 6.45) is 5.53. The van der Waals surface area contributed by atoms with Crippen molar-refractivity contribution in [1.29, 1.82) is 0 Å². The SMILES string of the molecule is CC(C)(C)OC(=O)CC1=CC(=O)C([S+](c2ccccc2)c2ccccc2)C=C1. The fraction of sp³-hybridized carbons (Fsp3) is 0.250. The molecule has 0 aromatic heterocycles. The Morgan fingerprint density at radius 3 is 1.96 bits per heavy atom. The van der Waals surface area contributed by atoms with Gasteiger partial charge in [0, 0.05) is 0 Å². The second-order valence-electron chi connectivity index (χ2n) is 7.63. The number of benzene rings is 2. The van der Waals surface area contributed by atoms with E-state index < -0.39 is 16.5 Å². The van der Waals surface area contributed by atoms with E-state index in [1.807, 2.05) is 69.3 Å². The Morgan fingerprint density at radius 1 is 0.964 bits per heavy atom. The summed E-state index contributed by atoms with van der Waals surface area (Å²) in [4.78, 5) is 27.3. The minimum Gasteiger partial charge on any atom is -0.460 e. The fourth-order valence-electron chi connectivity index (χ4n) is 3.03. The van der Waals surface area contributed by atoms with Crippen LogP contribution in [-0.4, -0.2) is 22.6 Å². The number of ketones is 1. The second-order valence-corrected chi connectivity index (χ2v) is 9.75. The summed E-state index contributed by atoms with van der Waals surface area (Å²) >= 11 is 0. The number of ether oxygens (including phenoxy) is 1. The van der Waals surface area contributed by atoms with Crippen LogP contribution >= 0.6 is 0 Å². The van der Waals surface area contributed by atoms with Gasteiger partial charge in [0.25, 0.3) is 0 Å². The van der Waals surface area contributed by atoms with E-state index in [0.717, 1.165) is 9.79 Å². The van der Waals surface area contributed by atoms with Crippen molar-refractivity contribution in [3.63, 3.8) is 0 Å². The lowest BCUT2D eigenvalue weighted by Gasteiger charge is -2.20. The lowest BCUT2D eigenvalue weighted by Crippen LogP contribution is -2.30. The molecule has 1 aliphatic rings. The Bertz CT molecular complexity index is 853. The Labute approximate surface area is 169 Å². The first kappa shape index (κ1) is 20.2. The van der Waals surface area contributed by atoms with Gasteiger partial charge in [0.2, 0.25) is 11.0 Å². The van der Waals surface area contributed by atoms with Crippen molar-refractivity contribution in [2.45, 2.75) is 47.8 Å². The first-order valence-electron chi connectivity index (χ1n) is 9.31. The molecule has 1 unspecified atom stereocenters. The Morgan fingerprint density at radius 2 is 1.50 bits per heavy atom. The number of rotatable bonds is 5. The summed E-state index contributed by atoms with van der Waals surface area (Å²) in [6.45, 7) is 5.51. The summed E-state index contributed by atoms with van der Waals surface area (Å²) in [5, 5.41) is -0.271. The first-order valence-corrected chi connectivity index (χ1v) is 10.6. The average Bonchev–Trinajstić information content (AvgIpc) is 2.64. The highest BCUT2D eigenvalue weighted by molar-refractivity contribution is 7.98. The summed E-state index contributed by atoms with van der Waals surface area (Å²) in [6, 6.07) is 20.2. The molecule has 0 heterocycles. The minimum atomic E-state index is -0.532. The van der Waals surface area contributed by atoms with Gasteiger partial charge >= 0.3 is 5.97 Å². The number of allylic oxidation sites excluding steroid dienone is 2. The standard InChI is InChI=1S/C24H25O3S/c1-24(2,3)27-23(26)17-18-14-15-22(21(25)16-18)28(19-10-6-4-7-11-19)20-12-8-5-9-13-20/h4-16,22H,17H2,1-3H3/q+1. The van der Waals surface area contributed by atoms with Crippen LogP contribution in [0.15, 0.2) is 94.3 Å². The van der Waals surface area contributed by atoms with Crippen LogP contribution in [0.25, 0.3) is 0 Å². The van der Waals surface area contributed by atoms with Gasteiger partial charge in [-0.05, 0) is 62.8 Å². The first-order chi connectivity index (χ1) is 13.3. The fourth-order valence-corrected chi connectivity index (χ4v) is 5.33. The molecule has 0 saturated carbocycles. The summed E-state index contributed by atoms with van der Waals surface area (Å²) in [7, 11) is -0.408. The third kappa shape index (κ3) is 5.23. The predicted octanol–water partition coefficient (Wildman–Crippen LogP) is 4.89. The van der Waals surface area contributed by atoms with Gasteiger partial charge in [-0.1, -0.05) is 42.5 Å². The van der Waals surface area contributed by atoms with Crippen molar-refractivity contribution in [3.05, 3.63) is 84.5 Å². The molecule has 0 saturated heterocycles. The van der Waals surface area contributed by atoms with E-state index in [-0.39, 0.29) is 23.4 Å². The number of carbonyl (C=O) groups is 2. The van der Waals surface area contributed by atoms with Crippen LogP contribution in [0.1, 0.15) is 27.2 Å². The van der Waals surface area contributed by atoms with Gasteiger partial charge < -0.3 is 4.74 Å². The van der Waals surface area contributed by atoms with Crippen LogP contribution in [0.4, 0.5) is 0 Å². The van der Waals surface area contributed by atoms with Gasteiger partial charge in [0.1, 0.15) is 5.60 Å². The maximum atomic E-state index is 13.0. The molecule has 0 fully saturated rings. The quantitative estimate of drug-likeness (QED) is 0.537. The predicted molar refractivity (Wildman–Crippen MR) is 113 cm³/mol. The van der Waals surface area contributed by atoms with E-state index in [2.05, 4.69) is 24.3 Å². The van der Waals surface area contributed by atoms with Crippen molar-refractivity contribution in [2.24, 2.45) is 0 Å². The maximum Gasteiger partial charge on any atom is 0.310 e. The molecule has 3 nitrogen and oxygen atoms in total. The molecular weight excluding hydrogens is 368 g/mol. The molecule has 3 rings (SSSR count). The topological polar surface area (TPSA) is 43.4 Å². The van der Waals surface area contributed by atoms with E-state index in [9.17, 15) is 9.59 Å². The molecule has 1 aliphatic carbocycles. The molecule has 2 aromatic carbocycles. The lowest BCUT2D eigenvalue weighted by atomic mass is 10.0. The molecule has 144 valence electrons. The van der Waals surface area contributed by atoms with Gasteiger partial charge in [0.05, 0.1) is 17.3 Å². The average molecular weight is 394 g/mol. The van der Waals surface area contributed by atoms with Gasteiger partial charge in [-0.15, -0.1) is 0 Å². The van der Waals surface area contributed by atoms with E-state index >= 15 is 0 Å². The molecule has 0 aliphatic heterocycles. The molecule has 0 spiro atoms. The second kappa shape index (κ2) is 8.61.